The van der Waals surface area contributed by atoms with E-state index in [0.717, 1.165) is 9.88 Å². The fourth-order valence-electron chi connectivity index (χ4n) is 2.24. The Morgan fingerprint density at radius 1 is 1.56 bits per heavy atom. The molecule has 1 saturated carbocycles. The van der Waals surface area contributed by atoms with Gasteiger partial charge < -0.3 is 10.2 Å². The molecule has 1 aromatic rings. The maximum Gasteiger partial charge on any atom is 0.315 e. The summed E-state index contributed by atoms with van der Waals surface area (Å²) in [7, 11) is 0. The van der Waals surface area contributed by atoms with Crippen molar-refractivity contribution in [3.8, 4) is 0 Å². The number of carboxylic acid groups (broad SMARTS) is 1. The highest BCUT2D eigenvalue weighted by molar-refractivity contribution is 7.11. The predicted molar refractivity (Wildman–Crippen MR) is 60.6 cm³/mol. The fourth-order valence-corrected chi connectivity index (χ4v) is 3.26. The van der Waals surface area contributed by atoms with Gasteiger partial charge in [-0.2, -0.15) is 0 Å². The van der Waals surface area contributed by atoms with Crippen LogP contribution < -0.4 is 0 Å². The number of aliphatic hydroxyl groups is 1. The molecule has 0 unspecified atom stereocenters. The second kappa shape index (κ2) is 4.14. The van der Waals surface area contributed by atoms with Crippen LogP contribution in [-0.2, 0) is 10.2 Å². The largest absolute Gasteiger partial charge is 0.481 e. The smallest absolute Gasteiger partial charge is 0.315 e. The number of nitrogens with zero attached hydrogens (tertiary/aromatic N) is 1. The van der Waals surface area contributed by atoms with Crippen LogP contribution in [0.25, 0.3) is 0 Å². The Balaban J connectivity index is 2.33. The first-order chi connectivity index (χ1) is 7.54. The zero-order valence-electron chi connectivity index (χ0n) is 9.14. The summed E-state index contributed by atoms with van der Waals surface area (Å²) in [5, 5.41) is 19.8. The molecule has 0 atom stereocenters. The van der Waals surface area contributed by atoms with Crippen molar-refractivity contribution in [1.82, 2.24) is 4.98 Å². The highest BCUT2D eigenvalue weighted by Crippen LogP contribution is 2.42. The van der Waals surface area contributed by atoms with Crippen LogP contribution in [0.4, 0.5) is 0 Å². The van der Waals surface area contributed by atoms with Crippen molar-refractivity contribution in [2.24, 2.45) is 0 Å². The Labute approximate surface area is 98.0 Å². The lowest BCUT2D eigenvalue weighted by molar-refractivity contribution is -0.146. The van der Waals surface area contributed by atoms with Crippen LogP contribution in [0.15, 0.2) is 6.20 Å². The molecule has 0 amide bonds. The van der Waals surface area contributed by atoms with Gasteiger partial charge in [0.25, 0.3) is 0 Å². The van der Waals surface area contributed by atoms with E-state index in [1.54, 1.807) is 6.20 Å². The molecule has 0 saturated heterocycles. The first-order valence-corrected chi connectivity index (χ1v) is 6.20. The zero-order chi connectivity index (χ0) is 11.8. The summed E-state index contributed by atoms with van der Waals surface area (Å²) in [6, 6.07) is 0. The van der Waals surface area contributed by atoms with Crippen molar-refractivity contribution < 1.29 is 15.0 Å². The minimum Gasteiger partial charge on any atom is -0.481 e. The SMILES string of the molecule is Cc1ncc(C2(C(=O)O)CCC(O)CC2)s1. The van der Waals surface area contributed by atoms with E-state index >= 15 is 0 Å². The molecule has 4 nitrogen and oxygen atoms in total. The molecule has 0 aromatic carbocycles. The number of carbonyl (C=O) groups is 1. The molecular weight excluding hydrogens is 226 g/mol. The second-order valence-electron chi connectivity index (χ2n) is 4.36. The van der Waals surface area contributed by atoms with E-state index in [0.29, 0.717) is 25.7 Å². The number of thiazole rings is 1. The number of aliphatic hydroxyl groups excluding tert-OH is 1. The molecule has 1 fully saturated rings. The van der Waals surface area contributed by atoms with Crippen molar-refractivity contribution in [1.29, 1.82) is 0 Å². The molecule has 5 heteroatoms. The third-order valence-electron chi connectivity index (χ3n) is 3.31. The lowest BCUT2D eigenvalue weighted by Crippen LogP contribution is -2.40. The van der Waals surface area contributed by atoms with Gasteiger partial charge in [0, 0.05) is 11.1 Å². The molecule has 2 rings (SSSR count). The van der Waals surface area contributed by atoms with Crippen LogP contribution in [-0.4, -0.2) is 27.3 Å². The lowest BCUT2D eigenvalue weighted by Gasteiger charge is -2.34. The Kier molecular flexibility index (Phi) is 2.99. The number of hydrogen-bond donors (Lipinski definition) is 2. The molecule has 0 aliphatic heterocycles. The van der Waals surface area contributed by atoms with Gasteiger partial charge in [0.2, 0.25) is 0 Å². The molecule has 1 aliphatic carbocycles. The highest BCUT2D eigenvalue weighted by atomic mass is 32.1. The Morgan fingerprint density at radius 2 is 2.19 bits per heavy atom. The van der Waals surface area contributed by atoms with E-state index in [-0.39, 0.29) is 6.10 Å². The number of aromatic nitrogens is 1. The van der Waals surface area contributed by atoms with Crippen molar-refractivity contribution in [2.75, 3.05) is 0 Å². The maximum atomic E-state index is 11.5. The van der Waals surface area contributed by atoms with Crippen LogP contribution in [0.2, 0.25) is 0 Å². The quantitative estimate of drug-likeness (QED) is 0.827. The molecular formula is C11H15NO3S. The van der Waals surface area contributed by atoms with Gasteiger partial charge in [-0.3, -0.25) is 4.79 Å². The number of carboxylic acids is 1. The summed E-state index contributed by atoms with van der Waals surface area (Å²) < 4.78 is 0. The van der Waals surface area contributed by atoms with Crippen LogP contribution in [0.1, 0.15) is 35.6 Å². The molecule has 88 valence electrons. The number of aryl methyl sites for hydroxylation is 1. The zero-order valence-corrected chi connectivity index (χ0v) is 9.96. The normalized spacial score (nSPS) is 30.2. The van der Waals surface area contributed by atoms with E-state index in [2.05, 4.69) is 4.98 Å². The number of rotatable bonds is 2. The molecule has 0 spiro atoms. The van der Waals surface area contributed by atoms with Crippen molar-refractivity contribution in [3.63, 3.8) is 0 Å². The molecule has 1 aromatic heterocycles. The fraction of sp³-hybridized carbons (Fsp3) is 0.636. The first kappa shape index (κ1) is 11.5. The summed E-state index contributed by atoms with van der Waals surface area (Å²) >= 11 is 1.45. The topological polar surface area (TPSA) is 70.4 Å². The molecule has 0 radical (unpaired) electrons. The Morgan fingerprint density at radius 3 is 2.62 bits per heavy atom. The minimum atomic E-state index is -0.814. The second-order valence-corrected chi connectivity index (χ2v) is 5.60. The third kappa shape index (κ3) is 1.85. The van der Waals surface area contributed by atoms with Gasteiger partial charge in [-0.1, -0.05) is 0 Å². The van der Waals surface area contributed by atoms with Gasteiger partial charge in [-0.15, -0.1) is 11.3 Å². The van der Waals surface area contributed by atoms with Crippen LogP contribution in [0, 0.1) is 6.92 Å². The van der Waals surface area contributed by atoms with Crippen molar-refractivity contribution in [3.05, 3.63) is 16.1 Å². The van der Waals surface area contributed by atoms with Crippen molar-refractivity contribution in [2.45, 2.75) is 44.1 Å². The van der Waals surface area contributed by atoms with Gasteiger partial charge in [-0.25, -0.2) is 4.98 Å². The molecule has 16 heavy (non-hydrogen) atoms. The van der Waals surface area contributed by atoms with E-state index in [4.69, 9.17) is 0 Å². The van der Waals surface area contributed by atoms with E-state index in [1.165, 1.54) is 11.3 Å². The monoisotopic (exact) mass is 241 g/mol. The maximum absolute atomic E-state index is 11.5. The van der Waals surface area contributed by atoms with Gasteiger partial charge in [-0.05, 0) is 32.6 Å². The summed E-state index contributed by atoms with van der Waals surface area (Å²) in [4.78, 5) is 16.4. The molecule has 1 heterocycles. The molecule has 1 aliphatic rings. The summed E-state index contributed by atoms with van der Waals surface area (Å²) in [5.74, 6) is -0.789. The summed E-state index contributed by atoms with van der Waals surface area (Å²) in [6.45, 7) is 1.88. The highest BCUT2D eigenvalue weighted by Gasteiger charge is 2.44. The summed E-state index contributed by atoms with van der Waals surface area (Å²) in [5.41, 5.74) is -0.814. The molecule has 2 N–H and O–H groups in total. The van der Waals surface area contributed by atoms with Crippen LogP contribution >= 0.6 is 11.3 Å². The van der Waals surface area contributed by atoms with Crippen LogP contribution in [0.3, 0.4) is 0 Å². The first-order valence-electron chi connectivity index (χ1n) is 5.39. The van der Waals surface area contributed by atoms with Gasteiger partial charge >= 0.3 is 5.97 Å². The van der Waals surface area contributed by atoms with E-state index in [9.17, 15) is 15.0 Å². The third-order valence-corrected chi connectivity index (χ3v) is 4.43. The minimum absolute atomic E-state index is 0.346. The standard InChI is InChI=1S/C11H15NO3S/c1-7-12-6-9(16-7)11(10(14)15)4-2-8(13)3-5-11/h6,8,13H,2-5H2,1H3,(H,14,15). The molecule has 0 bridgehead atoms. The van der Waals surface area contributed by atoms with Gasteiger partial charge in [0.15, 0.2) is 0 Å². The van der Waals surface area contributed by atoms with Gasteiger partial charge in [0.1, 0.15) is 5.41 Å². The Hall–Kier alpha value is -0.940. The predicted octanol–water partition coefficient (Wildman–Crippen LogP) is 1.71. The summed E-state index contributed by atoms with van der Waals surface area (Å²) in [6.07, 6.45) is 3.45. The van der Waals surface area contributed by atoms with E-state index in [1.807, 2.05) is 6.92 Å². The number of hydrogen-bond acceptors (Lipinski definition) is 4. The lowest BCUT2D eigenvalue weighted by atomic mass is 9.72. The average Bonchev–Trinajstić information content (AvgIpc) is 2.66. The van der Waals surface area contributed by atoms with Crippen molar-refractivity contribution >= 4 is 17.3 Å². The number of aliphatic carboxylic acids is 1. The average molecular weight is 241 g/mol. The van der Waals surface area contributed by atoms with Crippen LogP contribution in [0.5, 0.6) is 0 Å². The Bertz CT molecular complexity index is 394. The van der Waals surface area contributed by atoms with E-state index < -0.39 is 11.4 Å². The van der Waals surface area contributed by atoms with Gasteiger partial charge in [0.05, 0.1) is 11.1 Å².